The molecule has 0 spiro atoms. The van der Waals surface area contributed by atoms with Crippen LogP contribution in [-0.4, -0.2) is 50.3 Å². The lowest BCUT2D eigenvalue weighted by Gasteiger charge is -2.46. The number of ether oxygens (including phenoxy) is 1. The van der Waals surface area contributed by atoms with E-state index in [4.69, 9.17) is 4.74 Å². The molecule has 1 N–H and O–H groups in total. The SMILES string of the molecule is CCNCC1CCC1N(CCOC)C(C)C. The van der Waals surface area contributed by atoms with Gasteiger partial charge in [0.25, 0.3) is 0 Å². The molecule has 3 nitrogen and oxygen atoms in total. The van der Waals surface area contributed by atoms with E-state index in [1.807, 2.05) is 0 Å². The number of hydrogen-bond donors (Lipinski definition) is 1. The molecule has 0 aromatic carbocycles. The van der Waals surface area contributed by atoms with Crippen LogP contribution in [0.3, 0.4) is 0 Å². The Kier molecular flexibility index (Phi) is 6.32. The molecular formula is C13H28N2O. The second kappa shape index (κ2) is 7.25. The van der Waals surface area contributed by atoms with E-state index < -0.39 is 0 Å². The van der Waals surface area contributed by atoms with Gasteiger partial charge in [-0.2, -0.15) is 0 Å². The molecule has 0 heterocycles. The quantitative estimate of drug-likeness (QED) is 0.685. The standard InChI is InChI=1S/C13H28N2O/c1-5-14-10-12-6-7-13(12)15(11(2)3)8-9-16-4/h11-14H,5-10H2,1-4H3. The fraction of sp³-hybridized carbons (Fsp3) is 1.00. The Balaban J connectivity index is 2.38. The molecule has 3 heteroatoms. The summed E-state index contributed by atoms with van der Waals surface area (Å²) in [4.78, 5) is 2.61. The molecule has 0 aromatic rings. The third-order valence-electron chi connectivity index (χ3n) is 3.68. The summed E-state index contributed by atoms with van der Waals surface area (Å²) < 4.78 is 5.20. The summed E-state index contributed by atoms with van der Waals surface area (Å²) in [6.07, 6.45) is 2.74. The zero-order chi connectivity index (χ0) is 12.0. The molecule has 16 heavy (non-hydrogen) atoms. The molecule has 96 valence electrons. The maximum Gasteiger partial charge on any atom is 0.0589 e. The first-order valence-corrected chi connectivity index (χ1v) is 6.66. The van der Waals surface area contributed by atoms with Crippen LogP contribution in [0.4, 0.5) is 0 Å². The Hall–Kier alpha value is -0.120. The summed E-state index contributed by atoms with van der Waals surface area (Å²) in [5.74, 6) is 0.846. The lowest BCUT2D eigenvalue weighted by molar-refractivity contribution is 0.0190. The second-order valence-electron chi connectivity index (χ2n) is 5.04. The molecule has 0 aliphatic heterocycles. The lowest BCUT2D eigenvalue weighted by Crippen LogP contribution is -2.53. The van der Waals surface area contributed by atoms with E-state index in [9.17, 15) is 0 Å². The van der Waals surface area contributed by atoms with Crippen molar-refractivity contribution in [3.8, 4) is 0 Å². The summed E-state index contributed by atoms with van der Waals surface area (Å²) in [6.45, 7) is 10.9. The molecule has 1 aliphatic rings. The fourth-order valence-electron chi connectivity index (χ4n) is 2.56. The van der Waals surface area contributed by atoms with Gasteiger partial charge < -0.3 is 10.1 Å². The number of methoxy groups -OCH3 is 1. The highest BCUT2D eigenvalue weighted by Gasteiger charge is 2.35. The molecule has 1 rings (SSSR count). The molecule has 1 aliphatic carbocycles. The van der Waals surface area contributed by atoms with Crippen molar-refractivity contribution in [3.63, 3.8) is 0 Å². The van der Waals surface area contributed by atoms with Crippen LogP contribution >= 0.6 is 0 Å². The molecule has 1 fully saturated rings. The third-order valence-corrected chi connectivity index (χ3v) is 3.68. The van der Waals surface area contributed by atoms with Crippen LogP contribution in [0.25, 0.3) is 0 Å². The number of hydrogen-bond acceptors (Lipinski definition) is 3. The Labute approximate surface area is 101 Å². The maximum atomic E-state index is 5.20. The first kappa shape index (κ1) is 13.9. The van der Waals surface area contributed by atoms with Gasteiger partial charge in [-0.1, -0.05) is 6.92 Å². The number of nitrogens with zero attached hydrogens (tertiary/aromatic N) is 1. The zero-order valence-corrected chi connectivity index (χ0v) is 11.3. The Morgan fingerprint density at radius 3 is 2.56 bits per heavy atom. The van der Waals surface area contributed by atoms with Gasteiger partial charge in [-0.25, -0.2) is 0 Å². The van der Waals surface area contributed by atoms with E-state index in [1.165, 1.54) is 19.4 Å². The molecule has 0 bridgehead atoms. The van der Waals surface area contributed by atoms with Crippen molar-refractivity contribution in [2.45, 2.75) is 45.7 Å². The summed E-state index contributed by atoms with van der Waals surface area (Å²) in [5, 5.41) is 3.47. The van der Waals surface area contributed by atoms with Crippen LogP contribution in [0, 0.1) is 5.92 Å². The molecule has 2 atom stereocenters. The van der Waals surface area contributed by atoms with Gasteiger partial charge in [-0.05, 0) is 45.7 Å². The van der Waals surface area contributed by atoms with Crippen LogP contribution in [0.15, 0.2) is 0 Å². The fourth-order valence-corrected chi connectivity index (χ4v) is 2.56. The van der Waals surface area contributed by atoms with Gasteiger partial charge in [0.05, 0.1) is 6.61 Å². The number of nitrogens with one attached hydrogen (secondary N) is 1. The van der Waals surface area contributed by atoms with Crippen LogP contribution in [0.5, 0.6) is 0 Å². The van der Waals surface area contributed by atoms with E-state index >= 15 is 0 Å². The monoisotopic (exact) mass is 228 g/mol. The maximum absolute atomic E-state index is 5.20. The first-order chi connectivity index (χ1) is 7.70. The van der Waals surface area contributed by atoms with E-state index in [0.29, 0.717) is 6.04 Å². The van der Waals surface area contributed by atoms with Crippen molar-refractivity contribution in [2.75, 3.05) is 33.4 Å². The lowest BCUT2D eigenvalue weighted by atomic mass is 9.78. The van der Waals surface area contributed by atoms with Gasteiger partial charge in [0.2, 0.25) is 0 Å². The van der Waals surface area contributed by atoms with E-state index in [1.54, 1.807) is 7.11 Å². The van der Waals surface area contributed by atoms with Crippen molar-refractivity contribution < 1.29 is 4.74 Å². The molecule has 0 radical (unpaired) electrons. The van der Waals surface area contributed by atoms with Crippen molar-refractivity contribution in [1.82, 2.24) is 10.2 Å². The summed E-state index contributed by atoms with van der Waals surface area (Å²) in [6, 6.07) is 1.40. The van der Waals surface area contributed by atoms with Gasteiger partial charge in [0, 0.05) is 25.7 Å². The predicted octanol–water partition coefficient (Wildman–Crippen LogP) is 1.73. The van der Waals surface area contributed by atoms with Crippen molar-refractivity contribution in [3.05, 3.63) is 0 Å². The molecule has 0 saturated heterocycles. The molecule has 0 aromatic heterocycles. The van der Waals surface area contributed by atoms with Crippen molar-refractivity contribution in [2.24, 2.45) is 5.92 Å². The average Bonchev–Trinajstić information content (AvgIpc) is 2.22. The van der Waals surface area contributed by atoms with E-state index in [2.05, 4.69) is 31.0 Å². The molecule has 0 amide bonds. The highest BCUT2D eigenvalue weighted by molar-refractivity contribution is 4.91. The van der Waals surface area contributed by atoms with Crippen LogP contribution < -0.4 is 5.32 Å². The molecule has 1 saturated carbocycles. The van der Waals surface area contributed by atoms with Gasteiger partial charge in [-0.3, -0.25) is 4.90 Å². The highest BCUT2D eigenvalue weighted by atomic mass is 16.5. The van der Waals surface area contributed by atoms with E-state index in [-0.39, 0.29) is 0 Å². The third kappa shape index (κ3) is 3.72. The molecular weight excluding hydrogens is 200 g/mol. The van der Waals surface area contributed by atoms with Gasteiger partial charge in [0.15, 0.2) is 0 Å². The van der Waals surface area contributed by atoms with Crippen molar-refractivity contribution in [1.29, 1.82) is 0 Å². The van der Waals surface area contributed by atoms with Gasteiger partial charge >= 0.3 is 0 Å². The smallest absolute Gasteiger partial charge is 0.0589 e. The largest absolute Gasteiger partial charge is 0.383 e. The van der Waals surface area contributed by atoms with Crippen molar-refractivity contribution >= 4 is 0 Å². The summed E-state index contributed by atoms with van der Waals surface area (Å²) in [7, 11) is 1.79. The normalized spacial score (nSPS) is 25.1. The Morgan fingerprint density at radius 2 is 2.12 bits per heavy atom. The predicted molar refractivity (Wildman–Crippen MR) is 68.8 cm³/mol. The van der Waals surface area contributed by atoms with Gasteiger partial charge in [-0.15, -0.1) is 0 Å². The number of rotatable bonds is 8. The summed E-state index contributed by atoms with van der Waals surface area (Å²) in [5.41, 5.74) is 0. The first-order valence-electron chi connectivity index (χ1n) is 6.66. The molecule has 2 unspecified atom stereocenters. The average molecular weight is 228 g/mol. The van der Waals surface area contributed by atoms with E-state index in [0.717, 1.165) is 31.7 Å². The van der Waals surface area contributed by atoms with Gasteiger partial charge in [0.1, 0.15) is 0 Å². The zero-order valence-electron chi connectivity index (χ0n) is 11.3. The Bertz CT molecular complexity index is 185. The minimum Gasteiger partial charge on any atom is -0.383 e. The van der Waals surface area contributed by atoms with Crippen LogP contribution in [0.1, 0.15) is 33.6 Å². The van der Waals surface area contributed by atoms with Crippen LogP contribution in [-0.2, 0) is 4.74 Å². The second-order valence-corrected chi connectivity index (χ2v) is 5.04. The minimum absolute atomic E-state index is 0.629. The summed E-state index contributed by atoms with van der Waals surface area (Å²) >= 11 is 0. The minimum atomic E-state index is 0.629. The highest BCUT2D eigenvalue weighted by Crippen LogP contribution is 2.32. The van der Waals surface area contributed by atoms with Crippen LogP contribution in [0.2, 0.25) is 0 Å². The topological polar surface area (TPSA) is 24.5 Å². The Morgan fingerprint density at radius 1 is 1.38 bits per heavy atom.